The first kappa shape index (κ1) is 23.1. The van der Waals surface area contributed by atoms with Crippen molar-refractivity contribution < 1.29 is 22.9 Å². The number of nitro groups is 1. The second-order valence-corrected chi connectivity index (χ2v) is 8.90. The molecular weight excluding hydrogens is 434 g/mol. The molecule has 32 heavy (non-hydrogen) atoms. The lowest BCUT2D eigenvalue weighted by Gasteiger charge is -2.31. The summed E-state index contributed by atoms with van der Waals surface area (Å²) in [7, 11) is -4.48. The van der Waals surface area contributed by atoms with Crippen molar-refractivity contribution >= 4 is 33.0 Å². The number of Topliss-reactive ketones (excluding diaryl/α,β-unsaturated/α-hetero) is 2. The van der Waals surface area contributed by atoms with Gasteiger partial charge in [-0.25, -0.2) is 8.42 Å². The van der Waals surface area contributed by atoms with Crippen LogP contribution in [-0.2, 0) is 10.0 Å². The SMILES string of the molecule is CCCN(CCC)C1=C(S(=O)(=O)Nc2ccc([N+](=O)[O-])cc2)C(=O)c2ccccc2C1=O. The van der Waals surface area contributed by atoms with E-state index in [4.69, 9.17) is 0 Å². The number of rotatable bonds is 9. The first-order chi connectivity index (χ1) is 15.2. The maximum Gasteiger partial charge on any atom is 0.269 e. The van der Waals surface area contributed by atoms with Crippen LogP contribution in [0.25, 0.3) is 0 Å². The van der Waals surface area contributed by atoms with E-state index in [0.29, 0.717) is 25.9 Å². The third-order valence-corrected chi connectivity index (χ3v) is 6.38. The number of nitro benzene ring substituents is 1. The molecule has 1 aliphatic rings. The molecule has 0 heterocycles. The molecule has 0 amide bonds. The van der Waals surface area contributed by atoms with Crippen molar-refractivity contribution in [3.05, 3.63) is 80.4 Å². The van der Waals surface area contributed by atoms with Crippen molar-refractivity contribution in [1.29, 1.82) is 0 Å². The van der Waals surface area contributed by atoms with Crippen molar-refractivity contribution in [3.63, 3.8) is 0 Å². The topological polar surface area (TPSA) is 127 Å². The van der Waals surface area contributed by atoms with Crippen LogP contribution in [0.15, 0.2) is 59.1 Å². The number of sulfonamides is 1. The number of carbonyl (C=O) groups excluding carboxylic acids is 2. The summed E-state index contributed by atoms with van der Waals surface area (Å²) in [4.78, 5) is 38.0. The average molecular weight is 458 g/mol. The highest BCUT2D eigenvalue weighted by Crippen LogP contribution is 2.32. The van der Waals surface area contributed by atoms with Crippen LogP contribution in [0.2, 0.25) is 0 Å². The molecule has 3 rings (SSSR count). The Morgan fingerprint density at radius 1 is 0.906 bits per heavy atom. The molecule has 0 spiro atoms. The van der Waals surface area contributed by atoms with Crippen LogP contribution in [0.5, 0.6) is 0 Å². The smallest absolute Gasteiger partial charge is 0.269 e. The second-order valence-electron chi connectivity index (χ2n) is 7.28. The lowest BCUT2D eigenvalue weighted by Crippen LogP contribution is -2.38. The van der Waals surface area contributed by atoms with Gasteiger partial charge in [0.15, 0.2) is 4.91 Å². The summed E-state index contributed by atoms with van der Waals surface area (Å²) < 4.78 is 29.0. The molecule has 0 fully saturated rings. The normalized spacial score (nSPS) is 13.7. The zero-order valence-corrected chi connectivity index (χ0v) is 18.5. The average Bonchev–Trinajstić information content (AvgIpc) is 2.76. The molecule has 1 N–H and O–H groups in total. The van der Waals surface area contributed by atoms with Gasteiger partial charge in [0, 0.05) is 42.0 Å². The molecule has 1 aliphatic carbocycles. The van der Waals surface area contributed by atoms with Gasteiger partial charge in [-0.05, 0) is 25.0 Å². The molecule has 10 heteroatoms. The summed E-state index contributed by atoms with van der Waals surface area (Å²) in [5.74, 6) is -1.28. The highest BCUT2D eigenvalue weighted by atomic mass is 32.2. The van der Waals surface area contributed by atoms with E-state index in [2.05, 4.69) is 4.72 Å². The van der Waals surface area contributed by atoms with E-state index in [1.54, 1.807) is 17.0 Å². The van der Waals surface area contributed by atoms with E-state index in [-0.39, 0.29) is 28.2 Å². The van der Waals surface area contributed by atoms with Gasteiger partial charge >= 0.3 is 0 Å². The number of non-ortho nitro benzene ring substituents is 1. The quantitative estimate of drug-likeness (QED) is 0.449. The predicted octanol–water partition coefficient (Wildman–Crippen LogP) is 3.75. The molecular formula is C22H23N3O6S. The summed E-state index contributed by atoms with van der Waals surface area (Å²) in [5, 5.41) is 10.9. The van der Waals surface area contributed by atoms with E-state index in [1.807, 2.05) is 13.8 Å². The Balaban J connectivity index is 2.15. The number of hydrogen-bond donors (Lipinski definition) is 1. The Bertz CT molecular complexity index is 1200. The number of allylic oxidation sites excluding steroid dienone is 2. The molecule has 0 saturated carbocycles. The fraction of sp³-hybridized carbons (Fsp3) is 0.273. The minimum Gasteiger partial charge on any atom is -0.367 e. The first-order valence-corrected chi connectivity index (χ1v) is 11.6. The number of ketones is 2. The van der Waals surface area contributed by atoms with Crippen molar-refractivity contribution in [2.45, 2.75) is 26.7 Å². The Labute approximate surface area is 185 Å². The van der Waals surface area contributed by atoms with Crippen LogP contribution in [0.3, 0.4) is 0 Å². The monoisotopic (exact) mass is 457 g/mol. The van der Waals surface area contributed by atoms with Gasteiger partial charge in [-0.3, -0.25) is 24.4 Å². The molecule has 9 nitrogen and oxygen atoms in total. The molecule has 0 saturated heterocycles. The Kier molecular flexibility index (Phi) is 6.73. The van der Waals surface area contributed by atoms with Gasteiger partial charge in [-0.15, -0.1) is 0 Å². The van der Waals surface area contributed by atoms with Gasteiger partial charge in [0.1, 0.15) is 5.70 Å². The number of hydrogen-bond acceptors (Lipinski definition) is 7. The predicted molar refractivity (Wildman–Crippen MR) is 120 cm³/mol. The van der Waals surface area contributed by atoms with Crippen LogP contribution < -0.4 is 4.72 Å². The summed E-state index contributed by atoms with van der Waals surface area (Å²) in [5.41, 5.74) is -0.120. The standard InChI is InChI=1S/C22H23N3O6S/c1-3-13-24(14-4-2)19-20(26)17-7-5-6-8-18(17)21(27)22(19)32(30,31)23-15-9-11-16(12-10-15)25(28)29/h5-12,23H,3-4,13-14H2,1-2H3. The highest BCUT2D eigenvalue weighted by molar-refractivity contribution is 7.97. The van der Waals surface area contributed by atoms with Crippen molar-refractivity contribution in [2.75, 3.05) is 17.8 Å². The zero-order valence-electron chi connectivity index (χ0n) is 17.7. The van der Waals surface area contributed by atoms with Gasteiger partial charge in [-0.1, -0.05) is 38.1 Å². The number of anilines is 1. The molecule has 0 atom stereocenters. The number of nitrogens with zero attached hydrogens (tertiary/aromatic N) is 2. The molecule has 0 aromatic heterocycles. The van der Waals surface area contributed by atoms with E-state index in [9.17, 15) is 28.1 Å². The van der Waals surface area contributed by atoms with Crippen LogP contribution in [0.1, 0.15) is 47.4 Å². The Morgan fingerprint density at radius 2 is 1.44 bits per heavy atom. The summed E-state index contributed by atoms with van der Waals surface area (Å²) in [6.45, 7) is 4.60. The van der Waals surface area contributed by atoms with Crippen LogP contribution in [0, 0.1) is 10.1 Å². The molecule has 2 aromatic rings. The fourth-order valence-electron chi connectivity index (χ4n) is 3.61. The molecule has 0 bridgehead atoms. The number of carbonyl (C=O) groups is 2. The summed E-state index contributed by atoms with van der Waals surface area (Å²) in [6, 6.07) is 10.9. The number of benzene rings is 2. The van der Waals surface area contributed by atoms with Crippen LogP contribution in [-0.4, -0.2) is 42.9 Å². The molecule has 2 aromatic carbocycles. The lowest BCUT2D eigenvalue weighted by molar-refractivity contribution is -0.384. The Hall–Kier alpha value is -3.53. The zero-order chi connectivity index (χ0) is 23.5. The third kappa shape index (κ3) is 4.40. The fourth-order valence-corrected chi connectivity index (χ4v) is 4.99. The molecule has 168 valence electrons. The molecule has 0 unspecified atom stereocenters. The van der Waals surface area contributed by atoms with Gasteiger partial charge in [-0.2, -0.15) is 0 Å². The Morgan fingerprint density at radius 3 is 1.94 bits per heavy atom. The van der Waals surface area contributed by atoms with Crippen molar-refractivity contribution in [3.8, 4) is 0 Å². The minimum absolute atomic E-state index is 0.0262. The molecule has 0 aliphatic heterocycles. The minimum atomic E-state index is -4.48. The molecule has 0 radical (unpaired) electrons. The maximum atomic E-state index is 13.4. The number of fused-ring (bicyclic) bond motifs is 1. The third-order valence-electron chi connectivity index (χ3n) is 4.96. The van der Waals surface area contributed by atoms with Crippen LogP contribution in [0.4, 0.5) is 11.4 Å². The van der Waals surface area contributed by atoms with Crippen molar-refractivity contribution in [2.24, 2.45) is 0 Å². The van der Waals surface area contributed by atoms with Crippen molar-refractivity contribution in [1.82, 2.24) is 4.90 Å². The largest absolute Gasteiger partial charge is 0.367 e. The number of nitrogens with one attached hydrogen (secondary N) is 1. The van der Waals surface area contributed by atoms with Gasteiger partial charge in [0.2, 0.25) is 11.6 Å². The first-order valence-electron chi connectivity index (χ1n) is 10.2. The van der Waals surface area contributed by atoms with E-state index in [1.165, 1.54) is 24.3 Å². The van der Waals surface area contributed by atoms with Crippen LogP contribution >= 0.6 is 0 Å². The van der Waals surface area contributed by atoms with Gasteiger partial charge in [0.05, 0.1) is 4.92 Å². The van der Waals surface area contributed by atoms with Gasteiger partial charge in [0.25, 0.3) is 15.7 Å². The summed E-state index contributed by atoms with van der Waals surface area (Å²) in [6.07, 6.45) is 1.30. The summed E-state index contributed by atoms with van der Waals surface area (Å²) >= 11 is 0. The van der Waals surface area contributed by atoms with E-state index >= 15 is 0 Å². The maximum absolute atomic E-state index is 13.4. The van der Waals surface area contributed by atoms with E-state index in [0.717, 1.165) is 12.1 Å². The van der Waals surface area contributed by atoms with E-state index < -0.39 is 31.4 Å². The van der Waals surface area contributed by atoms with Gasteiger partial charge < -0.3 is 4.90 Å². The lowest BCUT2D eigenvalue weighted by atomic mass is 9.91. The highest BCUT2D eigenvalue weighted by Gasteiger charge is 2.41. The second kappa shape index (κ2) is 9.31.